The molecule has 0 bridgehead atoms. The van der Waals surface area contributed by atoms with E-state index in [0.29, 0.717) is 5.82 Å². The molecule has 82 valence electrons. The highest BCUT2D eigenvalue weighted by Crippen LogP contribution is 2.22. The highest BCUT2D eigenvalue weighted by molar-refractivity contribution is 5.67. The second-order valence-corrected chi connectivity index (χ2v) is 3.61. The van der Waals surface area contributed by atoms with Gasteiger partial charge in [-0.3, -0.25) is 0 Å². The van der Waals surface area contributed by atoms with Crippen molar-refractivity contribution < 1.29 is 0 Å². The molecular weight excluding hydrogens is 200 g/mol. The molecule has 0 saturated heterocycles. The number of nitrogens with one attached hydrogen (secondary N) is 1. The standard InChI is InChI=1S/C12H14N4/c1-8-5-10(7-16-12(8)13)9-3-4-15-11(6-9)14-2/h3-7H,1-2H3,(H2,13,16)(H,14,15). The Morgan fingerprint density at radius 2 is 2.00 bits per heavy atom. The Morgan fingerprint density at radius 1 is 1.19 bits per heavy atom. The summed E-state index contributed by atoms with van der Waals surface area (Å²) in [5.41, 5.74) is 8.80. The van der Waals surface area contributed by atoms with Gasteiger partial charge in [-0.2, -0.15) is 0 Å². The van der Waals surface area contributed by atoms with Crippen molar-refractivity contribution in [2.75, 3.05) is 18.1 Å². The molecule has 0 fully saturated rings. The van der Waals surface area contributed by atoms with Crippen LogP contribution in [0.2, 0.25) is 0 Å². The van der Waals surface area contributed by atoms with Gasteiger partial charge in [0.1, 0.15) is 11.6 Å². The van der Waals surface area contributed by atoms with Crippen LogP contribution in [-0.2, 0) is 0 Å². The Balaban J connectivity index is 2.46. The van der Waals surface area contributed by atoms with Gasteiger partial charge in [-0.25, -0.2) is 9.97 Å². The number of nitrogens with two attached hydrogens (primary N) is 1. The molecule has 2 heterocycles. The zero-order valence-corrected chi connectivity index (χ0v) is 9.36. The molecule has 4 nitrogen and oxygen atoms in total. The van der Waals surface area contributed by atoms with E-state index < -0.39 is 0 Å². The summed E-state index contributed by atoms with van der Waals surface area (Å²) < 4.78 is 0. The van der Waals surface area contributed by atoms with Crippen LogP contribution >= 0.6 is 0 Å². The van der Waals surface area contributed by atoms with Gasteiger partial charge in [-0.1, -0.05) is 0 Å². The first kappa shape index (κ1) is 10.4. The lowest BCUT2D eigenvalue weighted by Crippen LogP contribution is -1.95. The number of aromatic nitrogens is 2. The van der Waals surface area contributed by atoms with E-state index in [1.807, 2.05) is 32.2 Å². The first-order valence-corrected chi connectivity index (χ1v) is 5.07. The van der Waals surface area contributed by atoms with E-state index in [0.717, 1.165) is 22.5 Å². The Labute approximate surface area is 94.5 Å². The average Bonchev–Trinajstić information content (AvgIpc) is 2.33. The van der Waals surface area contributed by atoms with Gasteiger partial charge in [0.25, 0.3) is 0 Å². The zero-order valence-electron chi connectivity index (χ0n) is 9.36. The minimum atomic E-state index is 0.576. The quantitative estimate of drug-likeness (QED) is 0.803. The number of pyridine rings is 2. The molecule has 0 spiro atoms. The molecule has 0 amide bonds. The lowest BCUT2D eigenvalue weighted by Gasteiger charge is -2.06. The highest BCUT2D eigenvalue weighted by atomic mass is 14.9. The smallest absolute Gasteiger partial charge is 0.126 e. The van der Waals surface area contributed by atoms with Crippen molar-refractivity contribution in [3.8, 4) is 11.1 Å². The molecule has 0 atom stereocenters. The molecule has 0 aromatic carbocycles. The summed E-state index contributed by atoms with van der Waals surface area (Å²) in [5, 5.41) is 3.01. The lowest BCUT2D eigenvalue weighted by molar-refractivity contribution is 1.26. The van der Waals surface area contributed by atoms with Crippen LogP contribution in [0.15, 0.2) is 30.6 Å². The molecule has 0 unspecified atom stereocenters. The van der Waals surface area contributed by atoms with Crippen LogP contribution in [0, 0.1) is 6.92 Å². The summed E-state index contributed by atoms with van der Waals surface area (Å²) in [6.07, 6.45) is 3.55. The van der Waals surface area contributed by atoms with Crippen molar-refractivity contribution in [1.29, 1.82) is 0 Å². The van der Waals surface area contributed by atoms with Crippen molar-refractivity contribution >= 4 is 11.6 Å². The van der Waals surface area contributed by atoms with Crippen molar-refractivity contribution in [2.45, 2.75) is 6.92 Å². The van der Waals surface area contributed by atoms with Crippen molar-refractivity contribution in [3.05, 3.63) is 36.2 Å². The molecule has 2 aromatic heterocycles. The number of hydrogen-bond acceptors (Lipinski definition) is 4. The summed E-state index contributed by atoms with van der Waals surface area (Å²) in [6, 6.07) is 5.96. The normalized spacial score (nSPS) is 10.1. The fourth-order valence-electron chi connectivity index (χ4n) is 1.49. The summed E-state index contributed by atoms with van der Waals surface area (Å²) >= 11 is 0. The Morgan fingerprint density at radius 3 is 2.69 bits per heavy atom. The maximum atomic E-state index is 5.69. The predicted octanol–water partition coefficient (Wildman–Crippen LogP) is 2.08. The molecule has 0 aliphatic rings. The molecular formula is C12H14N4. The largest absolute Gasteiger partial charge is 0.383 e. The van der Waals surface area contributed by atoms with Gasteiger partial charge in [0, 0.05) is 25.0 Å². The third kappa shape index (κ3) is 1.95. The lowest BCUT2D eigenvalue weighted by atomic mass is 10.1. The van der Waals surface area contributed by atoms with Crippen LogP contribution in [0.3, 0.4) is 0 Å². The maximum Gasteiger partial charge on any atom is 0.126 e. The molecule has 2 aromatic rings. The molecule has 16 heavy (non-hydrogen) atoms. The zero-order chi connectivity index (χ0) is 11.5. The number of anilines is 2. The van der Waals surface area contributed by atoms with Crippen molar-refractivity contribution in [3.63, 3.8) is 0 Å². The topological polar surface area (TPSA) is 63.8 Å². The SMILES string of the molecule is CNc1cc(-c2cnc(N)c(C)c2)ccn1. The summed E-state index contributed by atoms with van der Waals surface area (Å²) in [5.74, 6) is 1.42. The van der Waals surface area contributed by atoms with Crippen molar-refractivity contribution in [2.24, 2.45) is 0 Å². The Kier molecular flexibility index (Phi) is 2.72. The Hall–Kier alpha value is -2.10. The second kappa shape index (κ2) is 4.18. The monoisotopic (exact) mass is 214 g/mol. The van der Waals surface area contributed by atoms with Gasteiger partial charge in [0.15, 0.2) is 0 Å². The van der Waals surface area contributed by atoms with Crippen molar-refractivity contribution in [1.82, 2.24) is 9.97 Å². The minimum Gasteiger partial charge on any atom is -0.383 e. The number of hydrogen-bond donors (Lipinski definition) is 2. The minimum absolute atomic E-state index is 0.576. The molecule has 3 N–H and O–H groups in total. The van der Waals surface area contributed by atoms with Crippen LogP contribution in [-0.4, -0.2) is 17.0 Å². The van der Waals surface area contributed by atoms with E-state index in [1.165, 1.54) is 0 Å². The summed E-state index contributed by atoms with van der Waals surface area (Å²) in [6.45, 7) is 1.95. The molecule has 4 heteroatoms. The summed E-state index contributed by atoms with van der Waals surface area (Å²) in [7, 11) is 1.85. The summed E-state index contributed by atoms with van der Waals surface area (Å²) in [4.78, 5) is 8.31. The molecule has 0 radical (unpaired) electrons. The second-order valence-electron chi connectivity index (χ2n) is 3.61. The first-order chi connectivity index (χ1) is 7.70. The number of aryl methyl sites for hydroxylation is 1. The van der Waals surface area contributed by atoms with Crippen LogP contribution in [0.4, 0.5) is 11.6 Å². The Bertz CT molecular complexity index is 508. The number of nitrogen functional groups attached to an aromatic ring is 1. The molecule has 0 saturated carbocycles. The first-order valence-electron chi connectivity index (χ1n) is 5.07. The predicted molar refractivity (Wildman–Crippen MR) is 66.2 cm³/mol. The molecule has 0 aliphatic carbocycles. The fourth-order valence-corrected chi connectivity index (χ4v) is 1.49. The van der Waals surface area contributed by atoms with E-state index in [9.17, 15) is 0 Å². The highest BCUT2D eigenvalue weighted by Gasteiger charge is 2.02. The molecule has 0 aliphatic heterocycles. The van der Waals surface area contributed by atoms with E-state index >= 15 is 0 Å². The van der Waals surface area contributed by atoms with E-state index in [-0.39, 0.29) is 0 Å². The third-order valence-corrected chi connectivity index (χ3v) is 2.47. The van der Waals surface area contributed by atoms with Gasteiger partial charge in [-0.05, 0) is 36.2 Å². The van der Waals surface area contributed by atoms with Gasteiger partial charge in [0.2, 0.25) is 0 Å². The van der Waals surface area contributed by atoms with Crippen LogP contribution in [0.1, 0.15) is 5.56 Å². The third-order valence-electron chi connectivity index (χ3n) is 2.47. The van der Waals surface area contributed by atoms with Crippen LogP contribution < -0.4 is 11.1 Å². The van der Waals surface area contributed by atoms with Gasteiger partial charge < -0.3 is 11.1 Å². The van der Waals surface area contributed by atoms with Crippen LogP contribution in [0.5, 0.6) is 0 Å². The van der Waals surface area contributed by atoms with Gasteiger partial charge in [-0.15, -0.1) is 0 Å². The number of nitrogens with zero attached hydrogens (tertiary/aromatic N) is 2. The number of rotatable bonds is 2. The van der Waals surface area contributed by atoms with E-state index in [4.69, 9.17) is 5.73 Å². The van der Waals surface area contributed by atoms with E-state index in [1.54, 1.807) is 12.4 Å². The fraction of sp³-hybridized carbons (Fsp3) is 0.167. The molecule has 2 rings (SSSR count). The van der Waals surface area contributed by atoms with Crippen LogP contribution in [0.25, 0.3) is 11.1 Å². The van der Waals surface area contributed by atoms with Gasteiger partial charge in [0.05, 0.1) is 0 Å². The van der Waals surface area contributed by atoms with Gasteiger partial charge >= 0.3 is 0 Å². The average molecular weight is 214 g/mol. The maximum absolute atomic E-state index is 5.69. The van der Waals surface area contributed by atoms with E-state index in [2.05, 4.69) is 15.3 Å².